The molecule has 1 aromatic heterocycles. The smallest absolute Gasteiger partial charge is 0.164 e. The van der Waals surface area contributed by atoms with Gasteiger partial charge in [-0.25, -0.2) is 4.98 Å². The number of rotatable bonds is 3. The molecule has 0 amide bonds. The van der Waals surface area contributed by atoms with Crippen LogP contribution in [0, 0.1) is 0 Å². The number of methoxy groups -OCH3 is 1. The van der Waals surface area contributed by atoms with Crippen molar-refractivity contribution in [1.82, 2.24) is 15.2 Å². The second kappa shape index (κ2) is 5.06. The van der Waals surface area contributed by atoms with Crippen molar-refractivity contribution in [3.05, 3.63) is 11.6 Å². The molecule has 11 heavy (non-hydrogen) atoms. The van der Waals surface area contributed by atoms with Crippen LogP contribution >= 0.6 is 12.4 Å². The number of nitrogens with zero attached hydrogens (tertiary/aromatic N) is 2. The Bertz CT molecular complexity index is 202. The summed E-state index contributed by atoms with van der Waals surface area (Å²) in [7, 11) is 1.60. The lowest BCUT2D eigenvalue weighted by molar-refractivity contribution is 0.178. The number of aromatic nitrogens is 3. The van der Waals surface area contributed by atoms with Gasteiger partial charge in [0, 0.05) is 7.11 Å². The third kappa shape index (κ3) is 2.83. The van der Waals surface area contributed by atoms with Crippen molar-refractivity contribution in [2.45, 2.75) is 13.2 Å². The molecular weight excluding hydrogens is 168 g/mol. The Hall–Kier alpha value is -0.650. The number of hydrogen-bond donors (Lipinski definition) is 2. The minimum Gasteiger partial charge on any atom is -0.377 e. The van der Waals surface area contributed by atoms with Gasteiger partial charge in [0.25, 0.3) is 0 Å². The first kappa shape index (κ1) is 10.3. The number of aromatic amines is 1. The molecule has 3 N–H and O–H groups in total. The van der Waals surface area contributed by atoms with E-state index in [9.17, 15) is 0 Å². The fourth-order valence-electron chi connectivity index (χ4n) is 0.627. The number of hydrogen-bond acceptors (Lipinski definition) is 4. The van der Waals surface area contributed by atoms with Crippen LogP contribution in [0.25, 0.3) is 0 Å². The topological polar surface area (TPSA) is 76.8 Å². The van der Waals surface area contributed by atoms with Gasteiger partial charge in [0.1, 0.15) is 6.61 Å². The molecule has 5 nitrogen and oxygen atoms in total. The third-order valence-corrected chi connectivity index (χ3v) is 1.04. The molecule has 0 bridgehead atoms. The molecule has 0 saturated carbocycles. The third-order valence-electron chi connectivity index (χ3n) is 1.04. The fourth-order valence-corrected chi connectivity index (χ4v) is 0.627. The molecule has 0 radical (unpaired) electrons. The Morgan fingerprint density at radius 1 is 1.64 bits per heavy atom. The van der Waals surface area contributed by atoms with Gasteiger partial charge in [-0.15, -0.1) is 12.4 Å². The maximum Gasteiger partial charge on any atom is 0.164 e. The van der Waals surface area contributed by atoms with E-state index >= 15 is 0 Å². The first-order valence-electron chi connectivity index (χ1n) is 2.96. The summed E-state index contributed by atoms with van der Waals surface area (Å²) < 4.78 is 4.81. The summed E-state index contributed by atoms with van der Waals surface area (Å²) in [6.07, 6.45) is 0. The minimum absolute atomic E-state index is 0. The van der Waals surface area contributed by atoms with Crippen LogP contribution in [0.4, 0.5) is 0 Å². The SMILES string of the molecule is COCc1nc(CN)n[nH]1.Cl. The average molecular weight is 179 g/mol. The summed E-state index contributed by atoms with van der Waals surface area (Å²) in [5.74, 6) is 1.33. The zero-order valence-corrected chi connectivity index (χ0v) is 7.02. The van der Waals surface area contributed by atoms with Crippen molar-refractivity contribution in [1.29, 1.82) is 0 Å². The van der Waals surface area contributed by atoms with E-state index in [2.05, 4.69) is 15.2 Å². The van der Waals surface area contributed by atoms with Crippen molar-refractivity contribution in [2.24, 2.45) is 5.73 Å². The quantitative estimate of drug-likeness (QED) is 0.674. The zero-order valence-electron chi connectivity index (χ0n) is 6.20. The Kier molecular flexibility index (Phi) is 4.76. The molecule has 0 unspecified atom stereocenters. The van der Waals surface area contributed by atoms with Crippen LogP contribution in [0.15, 0.2) is 0 Å². The number of halogens is 1. The number of ether oxygens (including phenoxy) is 1. The molecular formula is C5H11ClN4O. The molecule has 0 saturated heterocycles. The van der Waals surface area contributed by atoms with Crippen LogP contribution in [0.3, 0.4) is 0 Å². The fraction of sp³-hybridized carbons (Fsp3) is 0.600. The highest BCUT2D eigenvalue weighted by Gasteiger charge is 1.98. The van der Waals surface area contributed by atoms with Gasteiger partial charge >= 0.3 is 0 Å². The summed E-state index contributed by atoms with van der Waals surface area (Å²) in [6.45, 7) is 0.813. The number of H-pyrrole nitrogens is 1. The van der Waals surface area contributed by atoms with Gasteiger partial charge in [0.15, 0.2) is 11.6 Å². The van der Waals surface area contributed by atoms with Crippen LogP contribution in [0.2, 0.25) is 0 Å². The maximum absolute atomic E-state index is 5.27. The summed E-state index contributed by atoms with van der Waals surface area (Å²) in [6, 6.07) is 0. The number of nitrogens with one attached hydrogen (secondary N) is 1. The monoisotopic (exact) mass is 178 g/mol. The summed E-state index contributed by atoms with van der Waals surface area (Å²) in [5, 5.41) is 6.50. The largest absolute Gasteiger partial charge is 0.377 e. The van der Waals surface area contributed by atoms with Gasteiger partial charge in [-0.05, 0) is 0 Å². The van der Waals surface area contributed by atoms with Crippen LogP contribution in [0.1, 0.15) is 11.6 Å². The molecule has 0 spiro atoms. The summed E-state index contributed by atoms with van der Waals surface area (Å²) in [5.41, 5.74) is 5.27. The highest BCUT2D eigenvalue weighted by atomic mass is 35.5. The van der Waals surface area contributed by atoms with Crippen molar-refractivity contribution < 1.29 is 4.74 Å². The molecule has 0 aliphatic heterocycles. The average Bonchev–Trinajstić information content (AvgIpc) is 2.37. The predicted molar refractivity (Wildman–Crippen MR) is 42.2 cm³/mol. The first-order chi connectivity index (χ1) is 4.86. The van der Waals surface area contributed by atoms with Crippen LogP contribution < -0.4 is 5.73 Å². The first-order valence-corrected chi connectivity index (χ1v) is 2.96. The second-order valence-electron chi connectivity index (χ2n) is 1.84. The molecule has 1 aromatic rings. The van der Waals surface area contributed by atoms with Crippen molar-refractivity contribution in [3.63, 3.8) is 0 Å². The zero-order chi connectivity index (χ0) is 7.40. The van der Waals surface area contributed by atoms with Crippen molar-refractivity contribution in [3.8, 4) is 0 Å². The lowest BCUT2D eigenvalue weighted by Gasteiger charge is -1.88. The molecule has 0 fully saturated rings. The van der Waals surface area contributed by atoms with E-state index in [-0.39, 0.29) is 12.4 Å². The lowest BCUT2D eigenvalue weighted by atomic mass is 10.6. The Labute approximate surface area is 70.7 Å². The Balaban J connectivity index is 0.000001000. The predicted octanol–water partition coefficient (Wildman–Crippen LogP) is -0.168. The van der Waals surface area contributed by atoms with Crippen LogP contribution in [-0.4, -0.2) is 22.3 Å². The lowest BCUT2D eigenvalue weighted by Crippen LogP contribution is -1.98. The Morgan fingerprint density at radius 3 is 2.82 bits per heavy atom. The summed E-state index contributed by atoms with van der Waals surface area (Å²) >= 11 is 0. The highest BCUT2D eigenvalue weighted by molar-refractivity contribution is 5.85. The molecule has 0 aliphatic carbocycles. The van der Waals surface area contributed by atoms with Crippen molar-refractivity contribution in [2.75, 3.05) is 7.11 Å². The van der Waals surface area contributed by atoms with Crippen LogP contribution in [0.5, 0.6) is 0 Å². The van der Waals surface area contributed by atoms with E-state index in [0.717, 1.165) is 0 Å². The van der Waals surface area contributed by atoms with E-state index in [1.807, 2.05) is 0 Å². The number of nitrogens with two attached hydrogens (primary N) is 1. The van der Waals surface area contributed by atoms with E-state index in [1.165, 1.54) is 0 Å². The second-order valence-corrected chi connectivity index (χ2v) is 1.84. The van der Waals surface area contributed by atoms with Gasteiger partial charge in [-0.1, -0.05) is 0 Å². The van der Waals surface area contributed by atoms with Crippen LogP contribution in [-0.2, 0) is 17.9 Å². The standard InChI is InChI=1S/C5H10N4O.ClH/c1-10-3-5-7-4(2-6)8-9-5;/h2-3,6H2,1H3,(H,7,8,9);1H. The molecule has 0 aromatic carbocycles. The highest BCUT2D eigenvalue weighted by Crippen LogP contribution is 1.91. The van der Waals surface area contributed by atoms with Gasteiger partial charge in [-0.2, -0.15) is 5.10 Å². The Morgan fingerprint density at radius 2 is 2.36 bits per heavy atom. The molecule has 6 heteroatoms. The summed E-state index contributed by atoms with van der Waals surface area (Å²) in [4.78, 5) is 4.00. The van der Waals surface area contributed by atoms with E-state index in [0.29, 0.717) is 24.8 Å². The molecule has 1 heterocycles. The molecule has 0 aliphatic rings. The molecule has 1 rings (SSSR count). The van der Waals surface area contributed by atoms with Gasteiger partial charge in [0.05, 0.1) is 6.54 Å². The van der Waals surface area contributed by atoms with Gasteiger partial charge < -0.3 is 10.5 Å². The molecule has 64 valence electrons. The molecule has 0 atom stereocenters. The maximum atomic E-state index is 5.27. The van der Waals surface area contributed by atoms with E-state index < -0.39 is 0 Å². The normalized spacial score (nSPS) is 9.27. The van der Waals surface area contributed by atoms with Gasteiger partial charge in [-0.3, -0.25) is 5.10 Å². The van der Waals surface area contributed by atoms with Crippen molar-refractivity contribution >= 4 is 12.4 Å². The van der Waals surface area contributed by atoms with E-state index in [1.54, 1.807) is 7.11 Å². The minimum atomic E-state index is 0. The van der Waals surface area contributed by atoms with Gasteiger partial charge in [0.2, 0.25) is 0 Å². The van der Waals surface area contributed by atoms with E-state index in [4.69, 9.17) is 10.5 Å².